The summed E-state index contributed by atoms with van der Waals surface area (Å²) >= 11 is 6.59. The summed E-state index contributed by atoms with van der Waals surface area (Å²) in [5.74, 6) is 0. The van der Waals surface area contributed by atoms with Crippen molar-refractivity contribution in [3.05, 3.63) is 35.9 Å². The van der Waals surface area contributed by atoms with E-state index in [4.69, 9.17) is 11.8 Å². The highest BCUT2D eigenvalue weighted by molar-refractivity contribution is 6.06. The molecule has 1 unspecified atom stereocenters. The van der Waals surface area contributed by atoms with Crippen molar-refractivity contribution in [2.45, 2.75) is 83.6 Å². The smallest absolute Gasteiger partial charge is 0.165 e. The third-order valence-electron chi connectivity index (χ3n) is 4.76. The molecular formula is C21H37ClN+. The highest BCUT2D eigenvalue weighted by Gasteiger charge is 2.28. The van der Waals surface area contributed by atoms with Gasteiger partial charge in [-0.05, 0) is 6.42 Å². The third kappa shape index (κ3) is 9.37. The minimum Gasteiger partial charge on any atom is -0.221 e. The minimum atomic E-state index is 0.395. The van der Waals surface area contributed by atoms with Gasteiger partial charge in [0, 0.05) is 12.0 Å². The quantitative estimate of drug-likeness (QED) is 0.262. The SMILES string of the molecule is CCCCCCCCCCCCC(c1ccccc1)[N+](C)(C)Cl. The highest BCUT2D eigenvalue weighted by Crippen LogP contribution is 2.32. The first-order valence-electron chi connectivity index (χ1n) is 9.64. The van der Waals surface area contributed by atoms with Gasteiger partial charge in [-0.3, -0.25) is 0 Å². The predicted molar refractivity (Wildman–Crippen MR) is 104 cm³/mol. The summed E-state index contributed by atoms with van der Waals surface area (Å²) in [6.45, 7) is 2.28. The maximum absolute atomic E-state index is 6.59. The monoisotopic (exact) mass is 338 g/mol. The molecule has 0 fully saturated rings. The minimum absolute atomic E-state index is 0.395. The first-order chi connectivity index (χ1) is 11.1. The Morgan fingerprint density at radius 1 is 0.783 bits per heavy atom. The lowest BCUT2D eigenvalue weighted by Crippen LogP contribution is -2.33. The zero-order valence-electron chi connectivity index (χ0n) is 15.6. The van der Waals surface area contributed by atoms with Crippen LogP contribution >= 0.6 is 11.8 Å². The first kappa shape index (κ1) is 20.5. The van der Waals surface area contributed by atoms with Crippen LogP contribution in [-0.2, 0) is 0 Å². The normalized spacial score (nSPS) is 13.2. The van der Waals surface area contributed by atoms with Crippen molar-refractivity contribution in [2.24, 2.45) is 0 Å². The number of rotatable bonds is 13. The third-order valence-corrected chi connectivity index (χ3v) is 4.99. The van der Waals surface area contributed by atoms with Gasteiger partial charge in [-0.2, -0.15) is 0 Å². The molecule has 23 heavy (non-hydrogen) atoms. The van der Waals surface area contributed by atoms with E-state index < -0.39 is 0 Å². The summed E-state index contributed by atoms with van der Waals surface area (Å²) in [7, 11) is 4.19. The molecular weight excluding hydrogens is 302 g/mol. The molecule has 1 aromatic rings. The number of hydrogen-bond donors (Lipinski definition) is 0. The zero-order chi connectivity index (χ0) is 17.0. The van der Waals surface area contributed by atoms with Crippen LogP contribution in [0.2, 0.25) is 0 Å². The lowest BCUT2D eigenvalue weighted by atomic mass is 9.98. The largest absolute Gasteiger partial charge is 0.221 e. The van der Waals surface area contributed by atoms with Gasteiger partial charge in [-0.1, -0.05) is 95.0 Å². The Bertz CT molecular complexity index is 383. The summed E-state index contributed by atoms with van der Waals surface area (Å²) in [6, 6.07) is 11.1. The Hall–Kier alpha value is -0.530. The van der Waals surface area contributed by atoms with E-state index in [1.165, 1.54) is 76.2 Å². The van der Waals surface area contributed by atoms with Crippen molar-refractivity contribution in [1.29, 1.82) is 0 Å². The molecule has 0 saturated carbocycles. The summed E-state index contributed by atoms with van der Waals surface area (Å²) in [5, 5.41) is 0. The summed E-state index contributed by atoms with van der Waals surface area (Å²) < 4.78 is 0.501. The molecule has 0 aliphatic carbocycles. The Morgan fingerprint density at radius 2 is 1.26 bits per heavy atom. The maximum Gasteiger partial charge on any atom is 0.165 e. The highest BCUT2D eigenvalue weighted by atomic mass is 35.5. The van der Waals surface area contributed by atoms with Crippen LogP contribution in [0.4, 0.5) is 0 Å². The van der Waals surface area contributed by atoms with Crippen molar-refractivity contribution in [2.75, 3.05) is 14.1 Å². The van der Waals surface area contributed by atoms with Crippen LogP contribution < -0.4 is 0 Å². The van der Waals surface area contributed by atoms with Crippen molar-refractivity contribution in [3.8, 4) is 0 Å². The number of hydrogen-bond acceptors (Lipinski definition) is 0. The fourth-order valence-corrected chi connectivity index (χ4v) is 3.54. The Kier molecular flexibility index (Phi) is 10.6. The Balaban J connectivity index is 2.17. The molecule has 0 bridgehead atoms. The molecule has 0 amide bonds. The molecule has 0 radical (unpaired) electrons. The van der Waals surface area contributed by atoms with E-state index in [1.807, 2.05) is 0 Å². The van der Waals surface area contributed by atoms with Gasteiger partial charge >= 0.3 is 0 Å². The Labute approximate surface area is 149 Å². The number of unbranched alkanes of at least 4 members (excludes halogenated alkanes) is 9. The Morgan fingerprint density at radius 3 is 1.74 bits per heavy atom. The standard InChI is InChI=1S/C21H37ClN/c1-4-5-6-7-8-9-10-11-12-16-19-21(23(2,3)22)20-17-14-13-15-18-20/h13-15,17-18,21H,4-12,16,19H2,1-3H3/q+1. The molecule has 0 aliphatic rings. The van der Waals surface area contributed by atoms with Crippen molar-refractivity contribution in [3.63, 3.8) is 0 Å². The first-order valence-corrected chi connectivity index (χ1v) is 9.97. The van der Waals surface area contributed by atoms with Gasteiger partial charge in [0.25, 0.3) is 0 Å². The van der Waals surface area contributed by atoms with Crippen molar-refractivity contribution >= 4 is 11.8 Å². The summed E-state index contributed by atoms with van der Waals surface area (Å²) in [6.07, 6.45) is 15.1. The molecule has 132 valence electrons. The molecule has 0 aliphatic heterocycles. The van der Waals surface area contributed by atoms with Gasteiger partial charge in [-0.25, -0.2) is 4.00 Å². The second-order valence-electron chi connectivity index (χ2n) is 7.30. The number of benzene rings is 1. The van der Waals surface area contributed by atoms with Crippen LogP contribution in [0.3, 0.4) is 0 Å². The van der Waals surface area contributed by atoms with Gasteiger partial charge in [0.05, 0.1) is 14.1 Å². The van der Waals surface area contributed by atoms with E-state index in [-0.39, 0.29) is 0 Å². The average Bonchev–Trinajstić information content (AvgIpc) is 2.52. The average molecular weight is 339 g/mol. The lowest BCUT2D eigenvalue weighted by molar-refractivity contribution is -0.807. The van der Waals surface area contributed by atoms with Crippen molar-refractivity contribution < 1.29 is 4.00 Å². The van der Waals surface area contributed by atoms with E-state index in [2.05, 4.69) is 51.4 Å². The van der Waals surface area contributed by atoms with Crippen molar-refractivity contribution in [1.82, 2.24) is 0 Å². The number of quaternary nitrogens is 1. The molecule has 1 rings (SSSR count). The van der Waals surface area contributed by atoms with Crippen LogP contribution in [0, 0.1) is 0 Å². The van der Waals surface area contributed by atoms with E-state index in [1.54, 1.807) is 0 Å². The van der Waals surface area contributed by atoms with E-state index in [0.717, 1.165) is 0 Å². The second kappa shape index (κ2) is 11.9. The molecule has 1 nitrogen and oxygen atoms in total. The predicted octanol–water partition coefficient (Wildman–Crippen LogP) is 7.27. The summed E-state index contributed by atoms with van der Waals surface area (Å²) in [5.41, 5.74) is 1.36. The second-order valence-corrected chi connectivity index (χ2v) is 8.17. The molecule has 0 spiro atoms. The fourth-order valence-electron chi connectivity index (χ4n) is 3.33. The fraction of sp³-hybridized carbons (Fsp3) is 0.714. The molecule has 0 N–H and O–H groups in total. The topological polar surface area (TPSA) is 0 Å². The van der Waals surface area contributed by atoms with Gasteiger partial charge in [0.1, 0.15) is 6.04 Å². The van der Waals surface area contributed by atoms with Crippen LogP contribution in [-0.4, -0.2) is 18.1 Å². The van der Waals surface area contributed by atoms with Gasteiger partial charge in [0.2, 0.25) is 0 Å². The van der Waals surface area contributed by atoms with E-state index in [9.17, 15) is 0 Å². The van der Waals surface area contributed by atoms with Crippen LogP contribution in [0.25, 0.3) is 0 Å². The lowest BCUT2D eigenvalue weighted by Gasteiger charge is -2.30. The molecule has 1 aromatic carbocycles. The van der Waals surface area contributed by atoms with Gasteiger partial charge in [-0.15, -0.1) is 0 Å². The van der Waals surface area contributed by atoms with Crippen LogP contribution in [0.1, 0.15) is 89.2 Å². The number of halogens is 1. The van der Waals surface area contributed by atoms with E-state index >= 15 is 0 Å². The molecule has 2 heteroatoms. The van der Waals surface area contributed by atoms with Crippen LogP contribution in [0.15, 0.2) is 30.3 Å². The van der Waals surface area contributed by atoms with E-state index in [0.29, 0.717) is 10.0 Å². The van der Waals surface area contributed by atoms with Crippen LogP contribution in [0.5, 0.6) is 0 Å². The summed E-state index contributed by atoms with van der Waals surface area (Å²) in [4.78, 5) is 0. The molecule has 0 aromatic heterocycles. The number of nitrogens with zero attached hydrogens (tertiary/aromatic N) is 1. The van der Waals surface area contributed by atoms with Gasteiger partial charge < -0.3 is 0 Å². The molecule has 0 saturated heterocycles. The molecule has 0 heterocycles. The van der Waals surface area contributed by atoms with Gasteiger partial charge in [0.15, 0.2) is 11.8 Å². The molecule has 1 atom stereocenters. The zero-order valence-corrected chi connectivity index (χ0v) is 16.3. The maximum atomic E-state index is 6.59.